The van der Waals surface area contributed by atoms with Gasteiger partial charge in [-0.15, -0.1) is 11.3 Å². The maximum absolute atomic E-state index is 12.2. The van der Waals surface area contributed by atoms with Crippen molar-refractivity contribution in [3.8, 4) is 0 Å². The number of methoxy groups -OCH3 is 1. The Bertz CT molecular complexity index is 485. The van der Waals surface area contributed by atoms with Crippen LogP contribution in [0.15, 0.2) is 17.5 Å². The fourth-order valence-electron chi connectivity index (χ4n) is 1.92. The number of nitrogens with zero attached hydrogens (tertiary/aromatic N) is 1. The molecule has 5 heteroatoms. The molecule has 0 bridgehead atoms. The van der Waals surface area contributed by atoms with Crippen molar-refractivity contribution in [3.05, 3.63) is 28.0 Å². The van der Waals surface area contributed by atoms with E-state index >= 15 is 0 Å². The van der Waals surface area contributed by atoms with E-state index in [4.69, 9.17) is 4.74 Å². The van der Waals surface area contributed by atoms with E-state index in [0.29, 0.717) is 0 Å². The van der Waals surface area contributed by atoms with Crippen LogP contribution in [0.5, 0.6) is 0 Å². The van der Waals surface area contributed by atoms with Crippen LogP contribution >= 0.6 is 11.3 Å². The monoisotopic (exact) mass is 281 g/mol. The van der Waals surface area contributed by atoms with Gasteiger partial charge >= 0.3 is 5.97 Å². The lowest BCUT2D eigenvalue weighted by atomic mass is 10.2. The molecule has 1 rings (SSSR count). The van der Waals surface area contributed by atoms with Crippen molar-refractivity contribution in [2.75, 3.05) is 12.0 Å². The minimum absolute atomic E-state index is 0.218. The van der Waals surface area contributed by atoms with E-state index in [1.54, 1.807) is 31.3 Å². The number of hydrogen-bond donors (Lipinski definition) is 0. The number of rotatable bonds is 4. The number of carbonyl (C=O) groups is 2. The predicted octanol–water partition coefficient (Wildman–Crippen LogP) is 2.84. The van der Waals surface area contributed by atoms with Crippen LogP contribution in [-0.2, 0) is 14.3 Å². The molecule has 1 aromatic heterocycles. The van der Waals surface area contributed by atoms with Crippen molar-refractivity contribution in [1.29, 1.82) is 0 Å². The van der Waals surface area contributed by atoms with E-state index in [2.05, 4.69) is 0 Å². The van der Waals surface area contributed by atoms with Gasteiger partial charge in [0.2, 0.25) is 0 Å². The molecule has 104 valence electrons. The van der Waals surface area contributed by atoms with Gasteiger partial charge in [-0.1, -0.05) is 6.08 Å². The molecule has 0 unspecified atom stereocenters. The summed E-state index contributed by atoms with van der Waals surface area (Å²) in [4.78, 5) is 26.5. The molecule has 0 saturated carbocycles. The van der Waals surface area contributed by atoms with Gasteiger partial charge in [0.15, 0.2) is 0 Å². The summed E-state index contributed by atoms with van der Waals surface area (Å²) in [5, 5.41) is 1.98. The van der Waals surface area contributed by atoms with Gasteiger partial charge in [-0.05, 0) is 44.7 Å². The molecule has 0 fully saturated rings. The summed E-state index contributed by atoms with van der Waals surface area (Å²) in [7, 11) is 1.32. The third-order valence-corrected chi connectivity index (χ3v) is 3.85. The van der Waals surface area contributed by atoms with E-state index in [0.717, 1.165) is 16.1 Å². The number of thiophene rings is 1. The molecule has 1 heterocycles. The van der Waals surface area contributed by atoms with Crippen molar-refractivity contribution in [3.63, 3.8) is 0 Å². The third kappa shape index (κ3) is 3.23. The summed E-state index contributed by atoms with van der Waals surface area (Å²) < 4.78 is 4.75. The van der Waals surface area contributed by atoms with Crippen LogP contribution in [0.3, 0.4) is 0 Å². The first kappa shape index (κ1) is 15.4. The van der Waals surface area contributed by atoms with Gasteiger partial charge in [-0.25, -0.2) is 4.79 Å². The van der Waals surface area contributed by atoms with Gasteiger partial charge in [0, 0.05) is 4.88 Å². The van der Waals surface area contributed by atoms with Crippen LogP contribution in [0.25, 0.3) is 0 Å². The van der Waals surface area contributed by atoms with Gasteiger partial charge in [0.05, 0.1) is 12.8 Å². The van der Waals surface area contributed by atoms with E-state index < -0.39 is 12.0 Å². The normalized spacial score (nSPS) is 12.5. The number of aryl methyl sites for hydroxylation is 2. The van der Waals surface area contributed by atoms with Crippen molar-refractivity contribution in [1.82, 2.24) is 0 Å². The van der Waals surface area contributed by atoms with Gasteiger partial charge < -0.3 is 4.74 Å². The van der Waals surface area contributed by atoms with Crippen LogP contribution < -0.4 is 4.90 Å². The Kier molecular flexibility index (Phi) is 5.30. The molecule has 0 spiro atoms. The second-order valence-electron chi connectivity index (χ2n) is 4.23. The molecular formula is C14H19NO3S. The maximum Gasteiger partial charge on any atom is 0.328 e. The number of amides is 1. The summed E-state index contributed by atoms with van der Waals surface area (Å²) in [6.45, 7) is 7.31. The summed E-state index contributed by atoms with van der Waals surface area (Å²) in [5.74, 6) is -0.646. The minimum atomic E-state index is -0.652. The molecule has 1 amide bonds. The number of carbonyl (C=O) groups excluding carboxylic acids is 2. The second kappa shape index (κ2) is 6.52. The highest BCUT2D eigenvalue weighted by Crippen LogP contribution is 2.32. The van der Waals surface area contributed by atoms with Gasteiger partial charge in [-0.3, -0.25) is 9.69 Å². The van der Waals surface area contributed by atoms with Crippen LogP contribution in [0.2, 0.25) is 0 Å². The minimum Gasteiger partial charge on any atom is -0.467 e. The van der Waals surface area contributed by atoms with E-state index in [-0.39, 0.29) is 5.91 Å². The molecule has 0 N–H and O–H groups in total. The topological polar surface area (TPSA) is 46.6 Å². The molecule has 0 aliphatic heterocycles. The van der Waals surface area contributed by atoms with Crippen LogP contribution in [0, 0.1) is 13.8 Å². The lowest BCUT2D eigenvalue weighted by molar-refractivity contribution is -0.142. The lowest BCUT2D eigenvalue weighted by Gasteiger charge is -2.27. The number of esters is 1. The van der Waals surface area contributed by atoms with Crippen LogP contribution in [0.4, 0.5) is 5.69 Å². The lowest BCUT2D eigenvalue weighted by Crippen LogP contribution is -2.43. The predicted molar refractivity (Wildman–Crippen MR) is 77.6 cm³/mol. The average Bonchev–Trinajstić information content (AvgIpc) is 2.70. The first-order chi connectivity index (χ1) is 8.93. The molecule has 1 aromatic rings. The Morgan fingerprint density at radius 2 is 2.05 bits per heavy atom. The molecule has 4 nitrogen and oxygen atoms in total. The zero-order chi connectivity index (χ0) is 14.6. The molecule has 19 heavy (non-hydrogen) atoms. The molecule has 0 aliphatic rings. The molecular weight excluding hydrogens is 262 g/mol. The van der Waals surface area contributed by atoms with E-state index in [1.807, 2.05) is 19.2 Å². The zero-order valence-corrected chi connectivity index (χ0v) is 12.7. The fourth-order valence-corrected chi connectivity index (χ4v) is 2.76. The molecule has 0 radical (unpaired) electrons. The van der Waals surface area contributed by atoms with Gasteiger partial charge in [-0.2, -0.15) is 0 Å². The van der Waals surface area contributed by atoms with E-state index in [9.17, 15) is 9.59 Å². The summed E-state index contributed by atoms with van der Waals surface area (Å²) >= 11 is 1.56. The Morgan fingerprint density at radius 1 is 1.42 bits per heavy atom. The standard InChI is InChI=1S/C14H19NO3S/c1-6-7-12(16)15(10(3)14(17)18-5)13-9(2)8-19-11(13)4/h6-8,10H,1-5H3/t10-/m0/s1. The molecule has 0 saturated heterocycles. The molecule has 0 aromatic carbocycles. The highest BCUT2D eigenvalue weighted by molar-refractivity contribution is 7.10. The summed E-state index contributed by atoms with van der Waals surface area (Å²) in [6, 6.07) is -0.652. The smallest absolute Gasteiger partial charge is 0.328 e. The zero-order valence-electron chi connectivity index (χ0n) is 11.9. The first-order valence-corrected chi connectivity index (χ1v) is 6.90. The van der Waals surface area contributed by atoms with Gasteiger partial charge in [0.25, 0.3) is 5.91 Å². The number of anilines is 1. The maximum atomic E-state index is 12.2. The summed E-state index contributed by atoms with van der Waals surface area (Å²) in [6.07, 6.45) is 3.12. The molecule has 0 aliphatic carbocycles. The largest absolute Gasteiger partial charge is 0.467 e. The number of ether oxygens (including phenoxy) is 1. The highest BCUT2D eigenvalue weighted by Gasteiger charge is 2.29. The third-order valence-electron chi connectivity index (χ3n) is 2.84. The second-order valence-corrected chi connectivity index (χ2v) is 5.31. The SMILES string of the molecule is CC=CC(=O)N(c1c(C)csc1C)[C@@H](C)C(=O)OC. The fraction of sp³-hybridized carbons (Fsp3) is 0.429. The quantitative estimate of drug-likeness (QED) is 0.630. The van der Waals surface area contributed by atoms with Crippen LogP contribution in [-0.4, -0.2) is 25.0 Å². The average molecular weight is 281 g/mol. The molecule has 1 atom stereocenters. The Labute approximate surface area is 117 Å². The Balaban J connectivity index is 3.28. The number of hydrogen-bond acceptors (Lipinski definition) is 4. The van der Waals surface area contributed by atoms with Crippen molar-refractivity contribution < 1.29 is 14.3 Å². The Hall–Kier alpha value is -1.62. The first-order valence-electron chi connectivity index (χ1n) is 6.02. The Morgan fingerprint density at radius 3 is 2.47 bits per heavy atom. The number of allylic oxidation sites excluding steroid dienone is 1. The highest BCUT2D eigenvalue weighted by atomic mass is 32.1. The summed E-state index contributed by atoms with van der Waals surface area (Å²) in [5.41, 5.74) is 1.78. The van der Waals surface area contributed by atoms with Crippen LogP contribution in [0.1, 0.15) is 24.3 Å². The van der Waals surface area contributed by atoms with Crippen molar-refractivity contribution in [2.45, 2.75) is 33.7 Å². The van der Waals surface area contributed by atoms with Crippen molar-refractivity contribution >= 4 is 28.9 Å². The van der Waals surface area contributed by atoms with Crippen molar-refractivity contribution in [2.24, 2.45) is 0 Å². The van der Waals surface area contributed by atoms with Gasteiger partial charge in [0.1, 0.15) is 6.04 Å². The van der Waals surface area contributed by atoms with E-state index in [1.165, 1.54) is 18.1 Å².